The molecule has 0 aliphatic carbocycles. The first-order chi connectivity index (χ1) is 8.22. The summed E-state index contributed by atoms with van der Waals surface area (Å²) in [6.45, 7) is 0. The Kier molecular flexibility index (Phi) is 3.51. The van der Waals surface area contributed by atoms with Gasteiger partial charge in [-0.05, 0) is 6.07 Å². The van der Waals surface area contributed by atoms with Crippen molar-refractivity contribution in [2.45, 2.75) is 6.10 Å². The quantitative estimate of drug-likeness (QED) is 0.840. The molecule has 0 saturated carbocycles. The van der Waals surface area contributed by atoms with Gasteiger partial charge in [0.05, 0.1) is 7.11 Å². The highest BCUT2D eigenvalue weighted by atomic mass is 35.5. The van der Waals surface area contributed by atoms with Gasteiger partial charge in [-0.3, -0.25) is 4.98 Å². The highest BCUT2D eigenvalue weighted by Crippen LogP contribution is 2.25. The molecule has 2 heterocycles. The van der Waals surface area contributed by atoms with Crippen molar-refractivity contribution in [2.24, 2.45) is 0 Å². The maximum Gasteiger partial charge on any atom is 0.238 e. The average molecular weight is 252 g/mol. The van der Waals surface area contributed by atoms with E-state index in [0.717, 1.165) is 0 Å². The van der Waals surface area contributed by atoms with E-state index in [4.69, 9.17) is 16.3 Å². The molecule has 0 aliphatic rings. The summed E-state index contributed by atoms with van der Waals surface area (Å²) in [5, 5.41) is 10.5. The smallest absolute Gasteiger partial charge is 0.238 e. The lowest BCUT2D eigenvalue weighted by Crippen LogP contribution is -2.06. The largest absolute Gasteiger partial charge is 0.480 e. The summed E-state index contributed by atoms with van der Waals surface area (Å²) in [5.41, 5.74) is 0.923. The van der Waals surface area contributed by atoms with E-state index in [1.54, 1.807) is 12.1 Å². The van der Waals surface area contributed by atoms with Crippen LogP contribution < -0.4 is 4.74 Å². The third kappa shape index (κ3) is 2.51. The molecule has 2 rings (SSSR count). The van der Waals surface area contributed by atoms with Gasteiger partial charge in [0.1, 0.15) is 17.0 Å². The van der Waals surface area contributed by atoms with Crippen LogP contribution >= 0.6 is 11.6 Å². The SMILES string of the molecule is COc1nccnc1C(O)c1ccc(Cl)nc1. The Hall–Kier alpha value is -1.72. The fourth-order valence-corrected chi connectivity index (χ4v) is 1.50. The average Bonchev–Trinajstić information content (AvgIpc) is 2.39. The Morgan fingerprint density at radius 3 is 2.65 bits per heavy atom. The molecule has 88 valence electrons. The fraction of sp³-hybridized carbons (Fsp3) is 0.182. The molecule has 0 aromatic carbocycles. The normalized spacial score (nSPS) is 12.2. The molecule has 1 atom stereocenters. The summed E-state index contributed by atoms with van der Waals surface area (Å²) in [6.07, 6.45) is 3.53. The van der Waals surface area contributed by atoms with Crippen molar-refractivity contribution in [3.63, 3.8) is 0 Å². The number of nitrogens with zero attached hydrogens (tertiary/aromatic N) is 3. The second kappa shape index (κ2) is 5.07. The number of ether oxygens (including phenoxy) is 1. The van der Waals surface area contributed by atoms with Crippen molar-refractivity contribution < 1.29 is 9.84 Å². The molecule has 0 bridgehead atoms. The summed E-state index contributed by atoms with van der Waals surface area (Å²) in [4.78, 5) is 11.9. The van der Waals surface area contributed by atoms with Gasteiger partial charge in [0.2, 0.25) is 5.88 Å². The second-order valence-corrected chi connectivity index (χ2v) is 3.65. The minimum Gasteiger partial charge on any atom is -0.480 e. The van der Waals surface area contributed by atoms with Crippen molar-refractivity contribution in [3.05, 3.63) is 47.1 Å². The second-order valence-electron chi connectivity index (χ2n) is 3.27. The first-order valence-corrected chi connectivity index (χ1v) is 5.24. The van der Waals surface area contributed by atoms with E-state index in [1.165, 1.54) is 25.7 Å². The Labute approximate surface area is 103 Å². The number of aliphatic hydroxyl groups is 1. The number of rotatable bonds is 3. The van der Waals surface area contributed by atoms with Crippen LogP contribution in [0.5, 0.6) is 5.88 Å². The fourth-order valence-electron chi connectivity index (χ4n) is 1.39. The van der Waals surface area contributed by atoms with Crippen molar-refractivity contribution in [1.82, 2.24) is 15.0 Å². The molecule has 2 aromatic rings. The van der Waals surface area contributed by atoms with Crippen molar-refractivity contribution in [1.29, 1.82) is 0 Å². The van der Waals surface area contributed by atoms with E-state index < -0.39 is 6.10 Å². The van der Waals surface area contributed by atoms with Crippen LogP contribution in [0.2, 0.25) is 5.15 Å². The van der Waals surface area contributed by atoms with Crippen LogP contribution in [0.25, 0.3) is 0 Å². The van der Waals surface area contributed by atoms with Gasteiger partial charge in [-0.2, -0.15) is 0 Å². The Morgan fingerprint density at radius 1 is 1.24 bits per heavy atom. The van der Waals surface area contributed by atoms with Gasteiger partial charge >= 0.3 is 0 Å². The Morgan fingerprint density at radius 2 is 2.00 bits per heavy atom. The van der Waals surface area contributed by atoms with Gasteiger partial charge < -0.3 is 9.84 Å². The molecule has 0 saturated heterocycles. The minimum atomic E-state index is -0.941. The van der Waals surface area contributed by atoms with Gasteiger partial charge in [0.25, 0.3) is 0 Å². The van der Waals surface area contributed by atoms with Gasteiger partial charge in [-0.15, -0.1) is 0 Å². The molecule has 5 nitrogen and oxygen atoms in total. The number of hydrogen-bond donors (Lipinski definition) is 1. The third-order valence-electron chi connectivity index (χ3n) is 2.21. The maximum absolute atomic E-state index is 10.1. The van der Waals surface area contributed by atoms with Crippen molar-refractivity contribution in [3.8, 4) is 5.88 Å². The number of aliphatic hydroxyl groups excluding tert-OH is 1. The van der Waals surface area contributed by atoms with Gasteiger partial charge in [-0.25, -0.2) is 9.97 Å². The van der Waals surface area contributed by atoms with Gasteiger partial charge in [0.15, 0.2) is 0 Å². The zero-order valence-corrected chi connectivity index (χ0v) is 9.80. The van der Waals surface area contributed by atoms with Gasteiger partial charge in [0, 0.05) is 24.2 Å². The van der Waals surface area contributed by atoms with E-state index in [9.17, 15) is 5.11 Å². The van der Waals surface area contributed by atoms with E-state index >= 15 is 0 Å². The zero-order valence-electron chi connectivity index (χ0n) is 9.04. The van der Waals surface area contributed by atoms with Crippen LogP contribution in [0.1, 0.15) is 17.4 Å². The highest BCUT2D eigenvalue weighted by molar-refractivity contribution is 6.29. The molecule has 0 amide bonds. The number of halogens is 1. The van der Waals surface area contributed by atoms with Crippen molar-refractivity contribution in [2.75, 3.05) is 7.11 Å². The maximum atomic E-state index is 10.1. The topological polar surface area (TPSA) is 68.1 Å². The summed E-state index contributed by atoms with van der Waals surface area (Å²) in [5.74, 6) is 0.287. The van der Waals surface area contributed by atoms with Crippen molar-refractivity contribution >= 4 is 11.6 Å². The molecule has 0 radical (unpaired) electrons. The predicted molar refractivity (Wildman–Crippen MR) is 61.9 cm³/mol. The molecular formula is C11H10ClN3O2. The van der Waals surface area contributed by atoms with E-state index in [1.807, 2.05) is 0 Å². The van der Waals surface area contributed by atoms with Crippen LogP contribution in [0.15, 0.2) is 30.7 Å². The third-order valence-corrected chi connectivity index (χ3v) is 2.43. The lowest BCUT2D eigenvalue weighted by atomic mass is 10.1. The number of hydrogen-bond acceptors (Lipinski definition) is 5. The summed E-state index contributed by atoms with van der Waals surface area (Å²) >= 11 is 5.68. The van der Waals surface area contributed by atoms with E-state index in [0.29, 0.717) is 16.4 Å². The molecule has 0 fully saturated rings. The molecule has 0 spiro atoms. The molecular weight excluding hydrogens is 242 g/mol. The molecule has 1 unspecified atom stereocenters. The summed E-state index contributed by atoms with van der Waals surface area (Å²) < 4.78 is 5.03. The van der Waals surface area contributed by atoms with Crippen LogP contribution in [0, 0.1) is 0 Å². The molecule has 2 aromatic heterocycles. The lowest BCUT2D eigenvalue weighted by molar-refractivity contribution is 0.207. The Balaban J connectivity index is 2.36. The molecule has 0 aliphatic heterocycles. The molecule has 1 N–H and O–H groups in total. The first kappa shape index (κ1) is 11.8. The molecule has 17 heavy (non-hydrogen) atoms. The predicted octanol–water partition coefficient (Wildman–Crippen LogP) is 1.62. The zero-order chi connectivity index (χ0) is 12.3. The van der Waals surface area contributed by atoms with E-state index in [-0.39, 0.29) is 5.88 Å². The summed E-state index contributed by atoms with van der Waals surface area (Å²) in [7, 11) is 1.47. The minimum absolute atomic E-state index is 0.287. The van der Waals surface area contributed by atoms with Crippen LogP contribution in [-0.2, 0) is 0 Å². The highest BCUT2D eigenvalue weighted by Gasteiger charge is 2.17. The summed E-state index contributed by atoms with van der Waals surface area (Å²) in [6, 6.07) is 3.27. The van der Waals surface area contributed by atoms with E-state index in [2.05, 4.69) is 15.0 Å². The standard InChI is InChI=1S/C11H10ClN3O2/c1-17-11-9(13-4-5-14-11)10(16)7-2-3-8(12)15-6-7/h2-6,10,16H,1H3. The first-order valence-electron chi connectivity index (χ1n) is 4.87. The number of pyridine rings is 1. The number of aromatic nitrogens is 3. The lowest BCUT2D eigenvalue weighted by Gasteiger charge is -2.12. The van der Waals surface area contributed by atoms with Crippen LogP contribution in [0.3, 0.4) is 0 Å². The van der Waals surface area contributed by atoms with Gasteiger partial charge in [-0.1, -0.05) is 17.7 Å². The van der Waals surface area contributed by atoms with Crippen LogP contribution in [0.4, 0.5) is 0 Å². The molecule has 6 heteroatoms. The van der Waals surface area contributed by atoms with Crippen LogP contribution in [-0.4, -0.2) is 27.2 Å². The monoisotopic (exact) mass is 251 g/mol. The number of methoxy groups -OCH3 is 1. The Bertz CT molecular complexity index is 504.